The molecule has 0 aliphatic carbocycles. The van der Waals surface area contributed by atoms with Gasteiger partial charge < -0.3 is 13.7 Å². The number of benzene rings is 1. The lowest BCUT2D eigenvalue weighted by molar-refractivity contribution is 0.0557. The zero-order valence-electron chi connectivity index (χ0n) is 16.7. The van der Waals surface area contributed by atoms with Crippen molar-refractivity contribution in [3.8, 4) is 11.5 Å². The first kappa shape index (κ1) is 19.7. The third-order valence-corrected chi connectivity index (χ3v) is 5.53. The number of nitrogens with zero attached hydrogens (tertiary/aromatic N) is 4. The van der Waals surface area contributed by atoms with E-state index >= 15 is 0 Å². The lowest BCUT2D eigenvalue weighted by Gasteiger charge is -2.36. The molecule has 0 N–H and O–H groups in total. The summed E-state index contributed by atoms with van der Waals surface area (Å²) in [5.41, 5.74) is 1.44. The van der Waals surface area contributed by atoms with Crippen LogP contribution >= 0.6 is 11.6 Å². The summed E-state index contributed by atoms with van der Waals surface area (Å²) < 4.78 is 11.4. The van der Waals surface area contributed by atoms with Gasteiger partial charge in [-0.1, -0.05) is 17.7 Å². The van der Waals surface area contributed by atoms with Crippen LogP contribution in [0, 0.1) is 13.8 Å². The van der Waals surface area contributed by atoms with E-state index in [0.29, 0.717) is 41.2 Å². The summed E-state index contributed by atoms with van der Waals surface area (Å²) >= 11 is 6.04. The smallest absolute Gasteiger partial charge is 0.257 e. The zero-order valence-corrected chi connectivity index (χ0v) is 17.4. The van der Waals surface area contributed by atoms with Gasteiger partial charge in [0.1, 0.15) is 11.5 Å². The highest BCUT2D eigenvalue weighted by atomic mass is 35.5. The topological polar surface area (TPSA) is 75.6 Å². The molecule has 4 rings (SSSR count). The molecule has 1 saturated heterocycles. The second kappa shape index (κ2) is 8.00. The van der Waals surface area contributed by atoms with Gasteiger partial charge in [0.25, 0.3) is 5.91 Å². The van der Waals surface area contributed by atoms with Crippen molar-refractivity contribution in [1.29, 1.82) is 0 Å². The number of amides is 1. The van der Waals surface area contributed by atoms with Gasteiger partial charge in [0.2, 0.25) is 11.8 Å². The fourth-order valence-corrected chi connectivity index (χ4v) is 3.81. The molecule has 0 bridgehead atoms. The zero-order chi connectivity index (χ0) is 20.5. The second-order valence-corrected chi connectivity index (χ2v) is 7.72. The van der Waals surface area contributed by atoms with E-state index in [-0.39, 0.29) is 11.9 Å². The van der Waals surface area contributed by atoms with Crippen LogP contribution in [0.4, 0.5) is 0 Å². The van der Waals surface area contributed by atoms with Gasteiger partial charge in [0, 0.05) is 36.8 Å². The highest BCUT2D eigenvalue weighted by Gasteiger charge is 2.29. The fraction of sp³-hybridized carbons (Fsp3) is 0.381. The number of hydrogen-bond donors (Lipinski definition) is 0. The molecule has 1 aromatic carbocycles. The van der Waals surface area contributed by atoms with Crippen molar-refractivity contribution >= 4 is 17.5 Å². The normalized spacial score (nSPS) is 16.2. The Kier molecular flexibility index (Phi) is 5.43. The Bertz CT molecular complexity index is 1020. The predicted octanol–water partition coefficient (Wildman–Crippen LogP) is 4.12. The third-order valence-electron chi connectivity index (χ3n) is 5.29. The van der Waals surface area contributed by atoms with Gasteiger partial charge in [-0.25, -0.2) is 0 Å². The maximum Gasteiger partial charge on any atom is 0.257 e. The summed E-state index contributed by atoms with van der Waals surface area (Å²) in [4.78, 5) is 16.9. The Morgan fingerprint density at radius 1 is 1.10 bits per heavy atom. The molecule has 29 heavy (non-hydrogen) atoms. The third kappa shape index (κ3) is 4.06. The highest BCUT2D eigenvalue weighted by molar-refractivity contribution is 6.30. The van der Waals surface area contributed by atoms with E-state index in [2.05, 4.69) is 15.1 Å². The van der Waals surface area contributed by atoms with Crippen LogP contribution in [0.1, 0.15) is 40.7 Å². The van der Waals surface area contributed by atoms with Crippen LogP contribution in [0.25, 0.3) is 11.5 Å². The number of carbonyl (C=O) groups excluding carboxylic acids is 1. The van der Waals surface area contributed by atoms with E-state index in [1.807, 2.05) is 43.9 Å². The Hall–Kier alpha value is -2.64. The molecule has 7 nitrogen and oxygen atoms in total. The number of rotatable bonds is 4. The second-order valence-electron chi connectivity index (χ2n) is 7.29. The average molecular weight is 415 g/mol. The minimum Gasteiger partial charge on any atom is -0.466 e. The summed E-state index contributed by atoms with van der Waals surface area (Å²) in [6.07, 6.45) is 0. The average Bonchev–Trinajstić information content (AvgIpc) is 3.33. The van der Waals surface area contributed by atoms with Gasteiger partial charge in [0.05, 0.1) is 11.6 Å². The Morgan fingerprint density at radius 3 is 2.52 bits per heavy atom. The van der Waals surface area contributed by atoms with E-state index in [1.165, 1.54) is 0 Å². The molecule has 1 aliphatic heterocycles. The molecule has 0 radical (unpaired) electrons. The van der Waals surface area contributed by atoms with Crippen molar-refractivity contribution in [2.45, 2.75) is 26.8 Å². The number of aromatic nitrogens is 2. The van der Waals surface area contributed by atoms with Gasteiger partial charge in [-0.15, -0.1) is 10.2 Å². The largest absolute Gasteiger partial charge is 0.466 e. The van der Waals surface area contributed by atoms with Crippen molar-refractivity contribution < 1.29 is 13.6 Å². The van der Waals surface area contributed by atoms with Crippen LogP contribution in [-0.2, 0) is 0 Å². The molecule has 0 spiro atoms. The summed E-state index contributed by atoms with van der Waals surface area (Å²) in [6.45, 7) is 8.47. The quantitative estimate of drug-likeness (QED) is 0.639. The van der Waals surface area contributed by atoms with E-state index in [0.717, 1.165) is 24.4 Å². The van der Waals surface area contributed by atoms with E-state index < -0.39 is 0 Å². The molecular formula is C21H23ClN4O3. The van der Waals surface area contributed by atoms with E-state index in [1.54, 1.807) is 12.1 Å². The number of carbonyl (C=O) groups is 1. The molecule has 8 heteroatoms. The van der Waals surface area contributed by atoms with Crippen LogP contribution in [0.5, 0.6) is 0 Å². The van der Waals surface area contributed by atoms with Gasteiger partial charge in [-0.05, 0) is 45.0 Å². The Balaban J connectivity index is 1.40. The molecule has 152 valence electrons. The molecule has 2 aromatic heterocycles. The van der Waals surface area contributed by atoms with Crippen molar-refractivity contribution in [3.05, 3.63) is 58.3 Å². The van der Waals surface area contributed by atoms with Gasteiger partial charge in [0.15, 0.2) is 0 Å². The molecule has 1 aliphatic rings. The summed E-state index contributed by atoms with van der Waals surface area (Å²) in [6, 6.07) is 9.11. The van der Waals surface area contributed by atoms with Crippen molar-refractivity contribution in [3.63, 3.8) is 0 Å². The first-order valence-corrected chi connectivity index (χ1v) is 10.00. The van der Waals surface area contributed by atoms with Crippen LogP contribution in [0.3, 0.4) is 0 Å². The Labute approximate surface area is 174 Å². The number of aryl methyl sites for hydroxylation is 2. The highest BCUT2D eigenvalue weighted by Crippen LogP contribution is 2.26. The lowest BCUT2D eigenvalue weighted by Crippen LogP contribution is -2.49. The van der Waals surface area contributed by atoms with E-state index in [9.17, 15) is 4.79 Å². The van der Waals surface area contributed by atoms with Gasteiger partial charge in [-0.2, -0.15) is 0 Å². The van der Waals surface area contributed by atoms with Crippen molar-refractivity contribution in [2.75, 3.05) is 26.2 Å². The van der Waals surface area contributed by atoms with Crippen molar-refractivity contribution in [1.82, 2.24) is 20.0 Å². The molecule has 1 unspecified atom stereocenters. The summed E-state index contributed by atoms with van der Waals surface area (Å²) in [7, 11) is 0. The maximum atomic E-state index is 12.8. The maximum absolute atomic E-state index is 12.8. The van der Waals surface area contributed by atoms with Crippen LogP contribution in [-0.4, -0.2) is 52.1 Å². The van der Waals surface area contributed by atoms with Crippen LogP contribution in [0.15, 0.2) is 39.2 Å². The number of hydrogen-bond acceptors (Lipinski definition) is 6. The minimum absolute atomic E-state index is 0.0210. The van der Waals surface area contributed by atoms with E-state index in [4.69, 9.17) is 20.4 Å². The number of halogens is 1. The van der Waals surface area contributed by atoms with Gasteiger partial charge in [-0.3, -0.25) is 9.69 Å². The molecule has 0 saturated carbocycles. The number of piperazine rings is 1. The van der Waals surface area contributed by atoms with Crippen molar-refractivity contribution in [2.24, 2.45) is 0 Å². The Morgan fingerprint density at radius 2 is 1.86 bits per heavy atom. The van der Waals surface area contributed by atoms with Gasteiger partial charge >= 0.3 is 0 Å². The molecule has 1 atom stereocenters. The molecule has 3 heterocycles. The predicted molar refractivity (Wildman–Crippen MR) is 109 cm³/mol. The first-order valence-electron chi connectivity index (χ1n) is 9.62. The minimum atomic E-state index is -0.0365. The number of furan rings is 1. The van der Waals surface area contributed by atoms with Crippen LogP contribution < -0.4 is 0 Å². The summed E-state index contributed by atoms with van der Waals surface area (Å²) in [5.74, 6) is 2.45. The summed E-state index contributed by atoms with van der Waals surface area (Å²) in [5, 5.41) is 9.00. The molecular weight excluding hydrogens is 392 g/mol. The van der Waals surface area contributed by atoms with Crippen LogP contribution in [0.2, 0.25) is 5.02 Å². The molecule has 3 aromatic rings. The SMILES string of the molecule is Cc1cc(C(=O)N2CCN(C(C)c3nnc(-c4cccc(Cl)c4)o3)CC2)c(C)o1. The first-order chi connectivity index (χ1) is 13.9. The fourth-order valence-electron chi connectivity index (χ4n) is 3.62. The molecule has 1 fully saturated rings. The standard InChI is InChI=1S/C21H23ClN4O3/c1-13-11-18(15(3)28-13)21(27)26-9-7-25(8-10-26)14(2)19-23-24-20(29-19)16-5-4-6-17(22)12-16/h4-6,11-12,14H,7-10H2,1-3H3. The monoisotopic (exact) mass is 414 g/mol. The lowest BCUT2D eigenvalue weighted by atomic mass is 10.1. The molecule has 1 amide bonds.